The van der Waals surface area contributed by atoms with Gasteiger partial charge in [-0.2, -0.15) is 9.97 Å². The number of fused-ring (bicyclic) bond motifs is 1. The molecule has 0 spiro atoms. The van der Waals surface area contributed by atoms with E-state index < -0.39 is 74.2 Å². The van der Waals surface area contributed by atoms with Crippen LogP contribution in [0.2, 0.25) is 0 Å². The molecule has 0 saturated heterocycles. The van der Waals surface area contributed by atoms with Crippen molar-refractivity contribution in [1.29, 1.82) is 0 Å². The molecule has 0 bridgehead atoms. The first kappa shape index (κ1) is 31.6. The normalized spacial score (nSPS) is 13.9. The average molecular weight is 606 g/mol. The number of rotatable bonds is 15. The van der Waals surface area contributed by atoms with E-state index in [9.17, 15) is 44.0 Å². The van der Waals surface area contributed by atoms with Gasteiger partial charge >= 0.3 is 17.9 Å². The van der Waals surface area contributed by atoms with Gasteiger partial charge in [-0.05, 0) is 37.1 Å². The fourth-order valence-corrected chi connectivity index (χ4v) is 5.69. The fraction of sp³-hybridized carbons (Fsp3) is 0.333. The predicted molar refractivity (Wildman–Crippen MR) is 146 cm³/mol. The summed E-state index contributed by atoms with van der Waals surface area (Å²) in [4.78, 5) is 72.4. The molecule has 1 amide bonds. The third-order valence-corrected chi connectivity index (χ3v) is 7.98. The summed E-state index contributed by atoms with van der Waals surface area (Å²) < 4.78 is 12.6. The van der Waals surface area contributed by atoms with Gasteiger partial charge in [-0.25, -0.2) is 14.8 Å². The van der Waals surface area contributed by atoms with Crippen LogP contribution in [0.1, 0.15) is 35.3 Å². The molecule has 0 aliphatic carbocycles. The largest absolute Gasteiger partial charge is 0.492 e. The zero-order valence-corrected chi connectivity index (χ0v) is 22.8. The molecule has 18 heteroatoms. The molecular weight excluding hydrogens is 577 g/mol. The smallest absolute Gasteiger partial charge is 0.326 e. The van der Waals surface area contributed by atoms with E-state index in [4.69, 9.17) is 10.8 Å². The first-order chi connectivity index (χ1) is 19.7. The number of carboxylic acids is 3. The van der Waals surface area contributed by atoms with E-state index in [-0.39, 0.29) is 35.6 Å². The Hall–Kier alpha value is -4.89. The van der Waals surface area contributed by atoms with Gasteiger partial charge in [0.2, 0.25) is 19.2 Å². The van der Waals surface area contributed by atoms with Crippen LogP contribution >= 0.6 is 7.37 Å². The van der Waals surface area contributed by atoms with E-state index in [1.807, 2.05) is 0 Å². The molecule has 0 aliphatic rings. The van der Waals surface area contributed by atoms with Crippen LogP contribution in [0.15, 0.2) is 30.5 Å². The quantitative estimate of drug-likeness (QED) is 0.111. The van der Waals surface area contributed by atoms with Crippen LogP contribution in [-0.2, 0) is 25.5 Å². The minimum absolute atomic E-state index is 0.0703. The number of hydrogen-bond donors (Lipinski definition) is 8. The lowest BCUT2D eigenvalue weighted by molar-refractivity contribution is -0.142. The Morgan fingerprint density at radius 3 is 2.29 bits per heavy atom. The molecular formula is C24H28N7O10P. The summed E-state index contributed by atoms with van der Waals surface area (Å²) in [7, 11) is -4.16. The van der Waals surface area contributed by atoms with Gasteiger partial charge < -0.3 is 41.7 Å². The predicted octanol–water partition coefficient (Wildman–Crippen LogP) is 0.729. The van der Waals surface area contributed by atoms with E-state index in [2.05, 4.69) is 30.6 Å². The number of aromatic nitrogens is 4. The maximum absolute atomic E-state index is 12.6. The number of benzene rings is 1. The second-order valence-corrected chi connectivity index (χ2v) is 11.7. The average Bonchev–Trinajstić information content (AvgIpc) is 2.92. The number of carbonyl (C=O) groups is 4. The number of hydrogen-bond acceptors (Lipinski definition) is 12. The lowest BCUT2D eigenvalue weighted by Crippen LogP contribution is -2.41. The molecule has 3 unspecified atom stereocenters. The van der Waals surface area contributed by atoms with Crippen molar-refractivity contribution in [3.05, 3.63) is 41.7 Å². The number of aromatic hydroxyl groups is 1. The minimum Gasteiger partial charge on any atom is -0.492 e. The van der Waals surface area contributed by atoms with Gasteiger partial charge in [-0.15, -0.1) is 0 Å². The van der Waals surface area contributed by atoms with E-state index in [0.29, 0.717) is 11.4 Å². The van der Waals surface area contributed by atoms with Crippen molar-refractivity contribution in [2.45, 2.75) is 31.8 Å². The summed E-state index contributed by atoms with van der Waals surface area (Å²) in [6.45, 7) is 0.180. The minimum atomic E-state index is -4.16. The number of nitrogens with one attached hydrogen (secondary N) is 2. The summed E-state index contributed by atoms with van der Waals surface area (Å²) in [5.41, 5.74) is 6.78. The molecule has 3 atom stereocenters. The Bertz CT molecular complexity index is 1540. The standard InChI is InChI=1S/C24H28N7O10P/c25-24-30-19-18(21(35)31-24)28-15(10-27-19)9-26-14-4-1-12(2-5-14)20(34)29-16(23(38)39)7-8-42(40,41)11-13(22(36)37)3-6-17(32)33/h1-2,4-5,10,13,16,26H,3,6-9,11H2,(H,29,34)(H,32,33)(H,36,37)(H,38,39)(H,40,41)(H3,25,27,30,31,35). The van der Waals surface area contributed by atoms with Gasteiger partial charge in [0, 0.05) is 30.0 Å². The number of nitrogens with zero attached hydrogens (tertiary/aromatic N) is 4. The third kappa shape index (κ3) is 9.07. The Balaban J connectivity index is 1.56. The number of carbonyl (C=O) groups excluding carboxylic acids is 1. The van der Waals surface area contributed by atoms with Crippen LogP contribution in [0, 0.1) is 5.92 Å². The highest BCUT2D eigenvalue weighted by atomic mass is 31.2. The van der Waals surface area contributed by atoms with Crippen LogP contribution < -0.4 is 16.4 Å². The maximum atomic E-state index is 12.6. The molecule has 0 aliphatic heterocycles. The van der Waals surface area contributed by atoms with Crippen molar-refractivity contribution in [3.63, 3.8) is 0 Å². The molecule has 0 saturated carbocycles. The van der Waals surface area contributed by atoms with Gasteiger partial charge in [0.1, 0.15) is 6.04 Å². The number of amides is 1. The van der Waals surface area contributed by atoms with Crippen molar-refractivity contribution in [1.82, 2.24) is 25.3 Å². The molecule has 3 aromatic rings. The first-order valence-corrected chi connectivity index (χ1v) is 14.4. The van der Waals surface area contributed by atoms with Crippen LogP contribution in [-0.4, -0.2) is 87.4 Å². The number of carboxylic acid groups (broad SMARTS) is 3. The van der Waals surface area contributed by atoms with E-state index in [1.165, 1.54) is 18.3 Å². The molecule has 1 aromatic carbocycles. The Morgan fingerprint density at radius 1 is 0.976 bits per heavy atom. The number of aliphatic carboxylic acids is 3. The zero-order valence-electron chi connectivity index (χ0n) is 21.9. The lowest BCUT2D eigenvalue weighted by atomic mass is 10.1. The van der Waals surface area contributed by atoms with Crippen molar-refractivity contribution in [3.8, 4) is 5.88 Å². The van der Waals surface area contributed by atoms with Crippen molar-refractivity contribution < 1.29 is 49.1 Å². The van der Waals surface area contributed by atoms with Crippen LogP contribution in [0.5, 0.6) is 5.88 Å². The highest BCUT2D eigenvalue weighted by Gasteiger charge is 2.31. The molecule has 2 heterocycles. The molecule has 3 rings (SSSR count). The topological polar surface area (TPSA) is 288 Å². The van der Waals surface area contributed by atoms with Crippen molar-refractivity contribution in [2.75, 3.05) is 23.4 Å². The summed E-state index contributed by atoms with van der Waals surface area (Å²) >= 11 is 0. The molecule has 0 radical (unpaired) electrons. The van der Waals surface area contributed by atoms with E-state index in [0.717, 1.165) is 0 Å². The highest BCUT2D eigenvalue weighted by molar-refractivity contribution is 7.58. The third-order valence-electron chi connectivity index (χ3n) is 6.01. The van der Waals surface area contributed by atoms with Gasteiger partial charge in [-0.1, -0.05) is 0 Å². The van der Waals surface area contributed by atoms with Crippen molar-refractivity contribution >= 4 is 54.0 Å². The monoisotopic (exact) mass is 605 g/mol. The number of nitrogen functional groups attached to an aromatic ring is 1. The Morgan fingerprint density at radius 2 is 1.67 bits per heavy atom. The van der Waals surface area contributed by atoms with Gasteiger partial charge in [0.15, 0.2) is 11.2 Å². The highest BCUT2D eigenvalue weighted by Crippen LogP contribution is 2.44. The van der Waals surface area contributed by atoms with Crippen LogP contribution in [0.25, 0.3) is 11.2 Å². The summed E-state index contributed by atoms with van der Waals surface area (Å²) in [5.74, 6) is -6.87. The van der Waals surface area contributed by atoms with Crippen molar-refractivity contribution in [2.24, 2.45) is 5.92 Å². The number of anilines is 2. The summed E-state index contributed by atoms with van der Waals surface area (Å²) in [6.07, 6.45) is -1.22. The molecule has 9 N–H and O–H groups in total. The van der Waals surface area contributed by atoms with Crippen LogP contribution in [0.3, 0.4) is 0 Å². The molecule has 42 heavy (non-hydrogen) atoms. The molecule has 224 valence electrons. The Labute approximate surface area is 237 Å². The molecule has 2 aromatic heterocycles. The first-order valence-electron chi connectivity index (χ1n) is 12.3. The van der Waals surface area contributed by atoms with Crippen LogP contribution in [0.4, 0.5) is 11.6 Å². The van der Waals surface area contributed by atoms with Gasteiger partial charge in [0.25, 0.3) is 5.91 Å². The van der Waals surface area contributed by atoms with E-state index >= 15 is 0 Å². The lowest BCUT2D eigenvalue weighted by Gasteiger charge is -2.19. The summed E-state index contributed by atoms with van der Waals surface area (Å²) in [5, 5.41) is 42.7. The van der Waals surface area contributed by atoms with E-state index in [1.54, 1.807) is 12.1 Å². The second kappa shape index (κ2) is 13.6. The SMILES string of the molecule is Nc1nc(O)c2nc(CNc3ccc(C(=O)NC(CCP(=O)(O)CC(CCC(=O)O)C(=O)O)C(=O)O)cc3)cnc2n1. The fourth-order valence-electron chi connectivity index (χ4n) is 3.82. The molecule has 17 nitrogen and oxygen atoms in total. The number of nitrogens with two attached hydrogens (primary N) is 1. The maximum Gasteiger partial charge on any atom is 0.326 e. The summed E-state index contributed by atoms with van der Waals surface area (Å²) in [6, 6.07) is 4.39. The second-order valence-electron chi connectivity index (χ2n) is 9.24. The molecule has 0 fully saturated rings. The van der Waals surface area contributed by atoms with Gasteiger partial charge in [0.05, 0.1) is 24.4 Å². The van der Waals surface area contributed by atoms with Gasteiger partial charge in [-0.3, -0.25) is 18.9 Å². The zero-order chi connectivity index (χ0) is 31.0. The Kier molecular flexibility index (Phi) is 10.3.